The number of rotatable bonds is 8. The highest BCUT2D eigenvalue weighted by Crippen LogP contribution is 2.77. The van der Waals surface area contributed by atoms with Crippen LogP contribution in [-0.4, -0.2) is 83.4 Å². The van der Waals surface area contributed by atoms with Gasteiger partial charge in [-0.2, -0.15) is 0 Å². The molecule has 0 aromatic heterocycles. The van der Waals surface area contributed by atoms with Crippen molar-refractivity contribution in [3.8, 4) is 0 Å². The highest BCUT2D eigenvalue weighted by molar-refractivity contribution is 5.42. The topological polar surface area (TPSA) is 84.4 Å². The Kier molecular flexibility index (Phi) is 3.07. The molecule has 6 saturated heterocycles. The molecule has 7 nitrogen and oxygen atoms in total. The summed E-state index contributed by atoms with van der Waals surface area (Å²) in [6, 6.07) is 0. The summed E-state index contributed by atoms with van der Waals surface area (Å²) in [5.41, 5.74) is -2.31. The van der Waals surface area contributed by atoms with Crippen molar-refractivity contribution >= 4 is 0 Å². The molecule has 6 aliphatic heterocycles. The molecule has 0 radical (unpaired) electrons. The van der Waals surface area contributed by atoms with E-state index < -0.39 is 11.2 Å². The first-order valence-electron chi connectivity index (χ1n) is 13.8. The lowest BCUT2D eigenvalue weighted by Crippen LogP contribution is -2.73. The maximum atomic E-state index is 8.04. The molecular weight excluding hydrogens is 424 g/mol. The third-order valence-corrected chi connectivity index (χ3v) is 11.7. The summed E-state index contributed by atoms with van der Waals surface area (Å²) in [4.78, 5) is 0. The third-order valence-electron chi connectivity index (χ3n) is 11.7. The maximum Gasteiger partial charge on any atom is 0.160 e. The van der Waals surface area contributed by atoms with Gasteiger partial charge in [0.25, 0.3) is 0 Å². The highest BCUT2D eigenvalue weighted by Gasteiger charge is 2.95. The van der Waals surface area contributed by atoms with Gasteiger partial charge in [0.05, 0.1) is 37.6 Å². The van der Waals surface area contributed by atoms with Crippen LogP contribution in [0.2, 0.25) is 0 Å². The Morgan fingerprint density at radius 1 is 0.515 bits per heavy atom. The fraction of sp³-hybridized carbons (Fsp3) is 1.00. The van der Waals surface area contributed by atoms with E-state index in [1.165, 1.54) is 25.7 Å². The average Bonchev–Trinajstić information content (AvgIpc) is 3.63. The minimum absolute atomic E-state index is 0.0341. The van der Waals surface area contributed by atoms with Gasteiger partial charge in [-0.15, -0.1) is 0 Å². The first kappa shape index (κ1) is 18.9. The second kappa shape index (κ2) is 5.36. The predicted molar refractivity (Wildman–Crippen MR) is 112 cm³/mol. The van der Waals surface area contributed by atoms with E-state index in [1.54, 1.807) is 0 Å². The molecule has 10 aliphatic rings. The fourth-order valence-corrected chi connectivity index (χ4v) is 10.3. The summed E-state index contributed by atoms with van der Waals surface area (Å²) in [6.45, 7) is 1.48. The van der Waals surface area contributed by atoms with Crippen LogP contribution >= 0.6 is 0 Å². The smallest absolute Gasteiger partial charge is 0.160 e. The number of fused-ring (bicyclic) bond motifs is 4. The predicted octanol–water partition coefficient (Wildman–Crippen LogP) is 2.56. The Bertz CT molecular complexity index is 817. The Morgan fingerprint density at radius 2 is 0.818 bits per heavy atom. The van der Waals surface area contributed by atoms with Gasteiger partial charge in [-0.1, -0.05) is 0 Å². The second-order valence-corrected chi connectivity index (χ2v) is 12.8. The Hall–Kier alpha value is -0.280. The van der Waals surface area contributed by atoms with Crippen LogP contribution in [0.25, 0.3) is 0 Å². The summed E-state index contributed by atoms with van der Waals surface area (Å²) >= 11 is 0. The van der Waals surface area contributed by atoms with Crippen LogP contribution in [0.3, 0.4) is 0 Å². The average molecular weight is 459 g/mol. The van der Waals surface area contributed by atoms with Gasteiger partial charge in [0.2, 0.25) is 0 Å². The molecule has 33 heavy (non-hydrogen) atoms. The van der Waals surface area contributed by atoms with E-state index in [9.17, 15) is 0 Å². The van der Waals surface area contributed by atoms with Crippen molar-refractivity contribution in [3.05, 3.63) is 0 Å². The largest absolute Gasteiger partial charge is 0.370 e. The maximum absolute atomic E-state index is 8.04. The summed E-state index contributed by atoms with van der Waals surface area (Å²) < 4.78 is 47.2. The molecule has 0 aromatic carbocycles. The van der Waals surface area contributed by atoms with Crippen LogP contribution in [0.4, 0.5) is 0 Å². The zero-order valence-corrected chi connectivity index (χ0v) is 19.2. The van der Waals surface area contributed by atoms with Crippen molar-refractivity contribution in [2.45, 2.75) is 147 Å². The molecular formula is C26H34O7. The molecule has 0 spiro atoms. The second-order valence-electron chi connectivity index (χ2n) is 12.8. The van der Waals surface area contributed by atoms with Crippen molar-refractivity contribution in [2.75, 3.05) is 13.2 Å². The van der Waals surface area contributed by atoms with E-state index in [2.05, 4.69) is 0 Å². The third kappa shape index (κ3) is 1.83. The SMILES string of the molecule is C1CC2OC2(C(OC(C2CO2)(C23CCCC2O3)C23CCCC2O3)(C2CO2)C23CCCC2O3)C1. The van der Waals surface area contributed by atoms with Gasteiger partial charge < -0.3 is 33.2 Å². The fourth-order valence-electron chi connectivity index (χ4n) is 10.3. The van der Waals surface area contributed by atoms with E-state index >= 15 is 0 Å². The number of epoxide rings is 6. The molecule has 7 heteroatoms. The highest BCUT2D eigenvalue weighted by atomic mass is 16.8. The minimum atomic E-state index is -0.587. The Morgan fingerprint density at radius 3 is 1.00 bits per heavy atom. The van der Waals surface area contributed by atoms with Crippen LogP contribution in [-0.2, 0) is 33.2 Å². The molecule has 6 heterocycles. The van der Waals surface area contributed by atoms with Crippen LogP contribution in [0, 0.1) is 0 Å². The molecule has 10 fully saturated rings. The Labute approximate surface area is 194 Å². The number of hydrogen-bond acceptors (Lipinski definition) is 7. The standard InChI is InChI=1S/C26H34O7/c1-5-15-21(9-1,29-15)25(19-13-27-19,22-10-2-6-16(22)30-22)33-26(20-14-28-20,23-11-3-7-17(23)31-23)24-12-4-8-18(24)32-24/h15-20H,1-14H2. The van der Waals surface area contributed by atoms with Gasteiger partial charge in [-0.3, -0.25) is 0 Å². The quantitative estimate of drug-likeness (QED) is 0.517. The molecule has 10 atom stereocenters. The van der Waals surface area contributed by atoms with E-state index in [4.69, 9.17) is 33.2 Å². The van der Waals surface area contributed by atoms with Crippen LogP contribution in [0.15, 0.2) is 0 Å². The van der Waals surface area contributed by atoms with Gasteiger partial charge in [0.1, 0.15) is 34.6 Å². The summed E-state index contributed by atoms with van der Waals surface area (Å²) in [5, 5.41) is 0. The van der Waals surface area contributed by atoms with E-state index in [1.807, 2.05) is 0 Å². The minimum Gasteiger partial charge on any atom is -0.370 e. The molecule has 4 aliphatic carbocycles. The normalized spacial score (nSPS) is 63.6. The van der Waals surface area contributed by atoms with Crippen molar-refractivity contribution in [3.63, 3.8) is 0 Å². The molecule has 0 bridgehead atoms. The van der Waals surface area contributed by atoms with Gasteiger partial charge >= 0.3 is 0 Å². The van der Waals surface area contributed by atoms with Crippen molar-refractivity contribution in [1.82, 2.24) is 0 Å². The first-order chi connectivity index (χ1) is 16.2. The van der Waals surface area contributed by atoms with Crippen LogP contribution in [0.5, 0.6) is 0 Å². The lowest BCUT2D eigenvalue weighted by atomic mass is 9.66. The van der Waals surface area contributed by atoms with Crippen molar-refractivity contribution in [2.24, 2.45) is 0 Å². The molecule has 0 amide bonds. The van der Waals surface area contributed by atoms with E-state index in [-0.39, 0.29) is 59.0 Å². The molecule has 0 N–H and O–H groups in total. The zero-order chi connectivity index (χ0) is 21.3. The first-order valence-corrected chi connectivity index (χ1v) is 13.8. The van der Waals surface area contributed by atoms with Gasteiger partial charge in [-0.25, -0.2) is 0 Å². The van der Waals surface area contributed by atoms with Gasteiger partial charge in [0.15, 0.2) is 11.2 Å². The summed E-state index contributed by atoms with van der Waals surface area (Å²) in [5.74, 6) is 0. The Balaban J connectivity index is 1.20. The van der Waals surface area contributed by atoms with Crippen molar-refractivity contribution in [1.29, 1.82) is 0 Å². The zero-order valence-electron chi connectivity index (χ0n) is 19.2. The lowest BCUT2D eigenvalue weighted by Gasteiger charge is -2.52. The van der Waals surface area contributed by atoms with Crippen LogP contribution in [0.1, 0.15) is 77.0 Å². The molecule has 10 rings (SSSR count). The lowest BCUT2D eigenvalue weighted by molar-refractivity contribution is -0.276. The van der Waals surface area contributed by atoms with Crippen LogP contribution < -0.4 is 0 Å². The summed E-state index contributed by atoms with van der Waals surface area (Å²) in [7, 11) is 0. The molecule has 0 aromatic rings. The van der Waals surface area contributed by atoms with E-state index in [0.29, 0.717) is 0 Å². The van der Waals surface area contributed by atoms with Gasteiger partial charge in [-0.05, 0) is 77.0 Å². The monoisotopic (exact) mass is 458 g/mol. The molecule has 4 saturated carbocycles. The molecule has 180 valence electrons. The van der Waals surface area contributed by atoms with E-state index in [0.717, 1.165) is 64.6 Å². The summed E-state index contributed by atoms with van der Waals surface area (Å²) in [6.07, 6.45) is 14.6. The molecule has 10 unspecified atom stereocenters. The van der Waals surface area contributed by atoms with Crippen molar-refractivity contribution < 1.29 is 33.2 Å². The van der Waals surface area contributed by atoms with Gasteiger partial charge in [0, 0.05) is 0 Å². The number of ether oxygens (including phenoxy) is 7. The number of hydrogen-bond donors (Lipinski definition) is 0.